The Labute approximate surface area is 198 Å². The van der Waals surface area contributed by atoms with Gasteiger partial charge in [0.15, 0.2) is 5.65 Å². The number of ether oxygens (including phenoxy) is 1. The average molecular weight is 448 g/mol. The Morgan fingerprint density at radius 3 is 2.26 bits per heavy atom. The fourth-order valence-electron chi connectivity index (χ4n) is 4.71. The van der Waals surface area contributed by atoms with E-state index in [-0.39, 0.29) is 5.54 Å². The molecule has 168 valence electrons. The Bertz CT molecular complexity index is 1460. The summed E-state index contributed by atoms with van der Waals surface area (Å²) in [6.07, 6.45) is 6.82. The highest BCUT2D eigenvalue weighted by atomic mass is 16.5. The van der Waals surface area contributed by atoms with Crippen LogP contribution in [0.3, 0.4) is 0 Å². The molecule has 0 amide bonds. The lowest BCUT2D eigenvalue weighted by Gasteiger charge is -2.38. The van der Waals surface area contributed by atoms with E-state index >= 15 is 0 Å². The molecule has 0 radical (unpaired) electrons. The zero-order valence-electron chi connectivity index (χ0n) is 19.0. The molecule has 5 aromatic rings. The fraction of sp³-hybridized carbons (Fsp3) is 0.179. The minimum absolute atomic E-state index is 0.191. The Morgan fingerprint density at radius 1 is 0.882 bits per heavy atom. The number of rotatable bonds is 5. The number of nitrogens with zero attached hydrogens (tertiary/aromatic N) is 4. The van der Waals surface area contributed by atoms with Crippen LogP contribution in [0.5, 0.6) is 5.88 Å². The van der Waals surface area contributed by atoms with Crippen molar-refractivity contribution in [2.24, 2.45) is 5.73 Å². The molecule has 0 bridgehead atoms. The van der Waals surface area contributed by atoms with Crippen LogP contribution >= 0.6 is 0 Å². The first kappa shape index (κ1) is 20.6. The second kappa shape index (κ2) is 8.08. The molecule has 0 spiro atoms. The van der Waals surface area contributed by atoms with E-state index in [1.165, 1.54) is 12.0 Å². The van der Waals surface area contributed by atoms with Gasteiger partial charge in [-0.15, -0.1) is 5.10 Å². The number of benzene rings is 2. The van der Waals surface area contributed by atoms with Crippen LogP contribution in [0.1, 0.15) is 24.8 Å². The molecule has 0 atom stereocenters. The van der Waals surface area contributed by atoms with Crippen molar-refractivity contribution < 1.29 is 4.74 Å². The standard InChI is InChI=1S/C28H25N5O/c1-34-24-18-23(19-12-16-30-17-13-19)27-31-25(26(33(27)32-24)21-6-3-2-4-7-21)20-8-10-22(11-9-20)28(29)14-5-15-28/h2-4,6-13,16-18H,5,14-15,29H2,1H3. The highest BCUT2D eigenvalue weighted by Crippen LogP contribution is 2.40. The number of hydrogen-bond donors (Lipinski definition) is 1. The van der Waals surface area contributed by atoms with Gasteiger partial charge < -0.3 is 10.5 Å². The molecule has 1 saturated carbocycles. The molecule has 2 aromatic carbocycles. The normalized spacial score (nSPS) is 14.6. The lowest BCUT2D eigenvalue weighted by atomic mass is 9.72. The van der Waals surface area contributed by atoms with Crippen molar-refractivity contribution in [1.29, 1.82) is 0 Å². The Morgan fingerprint density at radius 2 is 1.62 bits per heavy atom. The van der Waals surface area contributed by atoms with Gasteiger partial charge >= 0.3 is 0 Å². The third kappa shape index (κ3) is 3.35. The minimum atomic E-state index is -0.191. The SMILES string of the molecule is COc1cc(-c2ccncc2)c2nc(-c3ccc(C4(N)CCC4)cc3)c(-c3ccccc3)n2n1. The van der Waals surface area contributed by atoms with Gasteiger partial charge in [0.25, 0.3) is 0 Å². The van der Waals surface area contributed by atoms with E-state index in [1.54, 1.807) is 19.5 Å². The van der Waals surface area contributed by atoms with Crippen molar-refractivity contribution in [3.63, 3.8) is 0 Å². The summed E-state index contributed by atoms with van der Waals surface area (Å²) in [4.78, 5) is 9.30. The third-order valence-corrected chi connectivity index (χ3v) is 6.79. The first-order valence-corrected chi connectivity index (χ1v) is 11.5. The van der Waals surface area contributed by atoms with Crippen molar-refractivity contribution in [3.8, 4) is 39.5 Å². The van der Waals surface area contributed by atoms with Gasteiger partial charge in [-0.25, -0.2) is 9.50 Å². The number of methoxy groups -OCH3 is 1. The first-order chi connectivity index (χ1) is 16.7. The summed E-state index contributed by atoms with van der Waals surface area (Å²) in [6, 6.07) is 24.6. The van der Waals surface area contributed by atoms with Crippen LogP contribution in [0.25, 0.3) is 39.3 Å². The number of pyridine rings is 1. The maximum absolute atomic E-state index is 6.56. The van der Waals surface area contributed by atoms with Gasteiger partial charge in [-0.05, 0) is 42.5 Å². The van der Waals surface area contributed by atoms with Crippen molar-refractivity contribution in [3.05, 3.63) is 90.8 Å². The highest BCUT2D eigenvalue weighted by molar-refractivity contribution is 5.87. The van der Waals surface area contributed by atoms with Crippen LogP contribution in [-0.4, -0.2) is 26.7 Å². The Balaban J connectivity index is 1.61. The molecule has 6 rings (SSSR count). The van der Waals surface area contributed by atoms with Crippen LogP contribution in [0.2, 0.25) is 0 Å². The summed E-state index contributed by atoms with van der Waals surface area (Å²) in [6.45, 7) is 0. The summed E-state index contributed by atoms with van der Waals surface area (Å²) in [7, 11) is 1.63. The topological polar surface area (TPSA) is 78.3 Å². The molecule has 6 nitrogen and oxygen atoms in total. The lowest BCUT2D eigenvalue weighted by molar-refractivity contribution is 0.253. The summed E-state index contributed by atoms with van der Waals surface area (Å²) >= 11 is 0. The van der Waals surface area contributed by atoms with E-state index in [1.807, 2.05) is 40.9 Å². The van der Waals surface area contributed by atoms with Crippen LogP contribution in [0.4, 0.5) is 0 Å². The molecule has 6 heteroatoms. The van der Waals surface area contributed by atoms with Crippen LogP contribution in [0, 0.1) is 0 Å². The van der Waals surface area contributed by atoms with Gasteiger partial charge in [0.1, 0.15) is 5.69 Å². The molecular formula is C28H25N5O. The zero-order chi connectivity index (χ0) is 23.1. The number of fused-ring (bicyclic) bond motifs is 1. The second-order valence-electron chi connectivity index (χ2n) is 8.83. The molecular weight excluding hydrogens is 422 g/mol. The monoisotopic (exact) mass is 447 g/mol. The van der Waals surface area contributed by atoms with Gasteiger partial charge in [-0.2, -0.15) is 0 Å². The third-order valence-electron chi connectivity index (χ3n) is 6.79. The minimum Gasteiger partial charge on any atom is -0.480 e. The largest absolute Gasteiger partial charge is 0.480 e. The number of imidazole rings is 1. The van der Waals surface area contributed by atoms with Crippen molar-refractivity contribution in [2.75, 3.05) is 7.11 Å². The number of nitrogens with two attached hydrogens (primary N) is 1. The van der Waals surface area contributed by atoms with E-state index in [2.05, 4.69) is 41.4 Å². The first-order valence-electron chi connectivity index (χ1n) is 11.5. The van der Waals surface area contributed by atoms with Gasteiger partial charge in [0, 0.05) is 40.7 Å². The van der Waals surface area contributed by atoms with Crippen molar-refractivity contribution in [1.82, 2.24) is 19.6 Å². The number of aromatic nitrogens is 4. The van der Waals surface area contributed by atoms with Crippen LogP contribution in [0.15, 0.2) is 85.2 Å². The second-order valence-corrected chi connectivity index (χ2v) is 8.83. The number of hydrogen-bond acceptors (Lipinski definition) is 5. The van der Waals surface area contributed by atoms with Crippen LogP contribution < -0.4 is 10.5 Å². The van der Waals surface area contributed by atoms with Crippen LogP contribution in [-0.2, 0) is 5.54 Å². The summed E-state index contributed by atoms with van der Waals surface area (Å²) in [5.74, 6) is 0.519. The quantitative estimate of drug-likeness (QED) is 0.386. The van der Waals surface area contributed by atoms with Gasteiger partial charge in [0.2, 0.25) is 5.88 Å². The molecule has 0 saturated heterocycles. The smallest absolute Gasteiger partial charge is 0.232 e. The molecule has 1 aliphatic rings. The van der Waals surface area contributed by atoms with E-state index in [4.69, 9.17) is 20.6 Å². The molecule has 1 fully saturated rings. The van der Waals surface area contributed by atoms with Gasteiger partial charge in [-0.3, -0.25) is 4.98 Å². The highest BCUT2D eigenvalue weighted by Gasteiger charge is 2.34. The fourth-order valence-corrected chi connectivity index (χ4v) is 4.71. The molecule has 0 aliphatic heterocycles. The van der Waals surface area contributed by atoms with E-state index < -0.39 is 0 Å². The average Bonchev–Trinajstić information content (AvgIpc) is 3.27. The summed E-state index contributed by atoms with van der Waals surface area (Å²) in [5, 5.41) is 4.78. The maximum atomic E-state index is 6.56. The molecule has 0 unspecified atom stereocenters. The Hall–Kier alpha value is -4.03. The molecule has 2 N–H and O–H groups in total. The molecule has 3 heterocycles. The van der Waals surface area contributed by atoms with E-state index in [0.717, 1.165) is 52.1 Å². The zero-order valence-corrected chi connectivity index (χ0v) is 19.0. The lowest BCUT2D eigenvalue weighted by Crippen LogP contribution is -2.43. The summed E-state index contributed by atoms with van der Waals surface area (Å²) in [5.41, 5.74) is 14.1. The van der Waals surface area contributed by atoms with Gasteiger partial charge in [-0.1, -0.05) is 54.6 Å². The summed E-state index contributed by atoms with van der Waals surface area (Å²) < 4.78 is 7.47. The molecule has 3 aromatic heterocycles. The predicted molar refractivity (Wildman–Crippen MR) is 133 cm³/mol. The maximum Gasteiger partial charge on any atom is 0.232 e. The van der Waals surface area contributed by atoms with E-state index in [0.29, 0.717) is 5.88 Å². The predicted octanol–water partition coefficient (Wildman–Crippen LogP) is 5.47. The Kier molecular flexibility index (Phi) is 4.89. The molecule has 1 aliphatic carbocycles. The molecule has 34 heavy (non-hydrogen) atoms. The van der Waals surface area contributed by atoms with E-state index in [9.17, 15) is 0 Å². The van der Waals surface area contributed by atoms with Gasteiger partial charge in [0.05, 0.1) is 12.8 Å². The van der Waals surface area contributed by atoms with Crippen molar-refractivity contribution in [2.45, 2.75) is 24.8 Å². The van der Waals surface area contributed by atoms with Crippen molar-refractivity contribution >= 4 is 5.65 Å².